The first kappa shape index (κ1) is 28.4. The van der Waals surface area contributed by atoms with E-state index in [0.29, 0.717) is 17.9 Å². The van der Waals surface area contributed by atoms with Crippen LogP contribution in [0.15, 0.2) is 52.3 Å². The molecule has 5 nitrogen and oxygen atoms in total. The first-order valence-corrected chi connectivity index (χ1v) is 16.2. The zero-order valence-corrected chi connectivity index (χ0v) is 25.3. The van der Waals surface area contributed by atoms with Gasteiger partial charge in [0.1, 0.15) is 5.69 Å². The van der Waals surface area contributed by atoms with Gasteiger partial charge in [-0.05, 0) is 108 Å². The summed E-state index contributed by atoms with van der Waals surface area (Å²) in [5.41, 5.74) is 2.39. The Morgan fingerprint density at radius 1 is 0.923 bits per heavy atom. The monoisotopic (exact) mass is 548 g/mol. The quantitative estimate of drug-likeness (QED) is 0.244. The lowest BCUT2D eigenvalue weighted by atomic mass is 9.74. The topological polar surface area (TPSA) is 35.8 Å². The summed E-state index contributed by atoms with van der Waals surface area (Å²) in [5, 5.41) is 2.23. The van der Waals surface area contributed by atoms with Gasteiger partial charge >= 0.3 is 0 Å². The van der Waals surface area contributed by atoms with E-state index in [1.807, 2.05) is 11.3 Å². The highest BCUT2D eigenvalue weighted by molar-refractivity contribution is 7.10. The molecule has 6 heteroatoms. The molecule has 1 aliphatic heterocycles. The second kappa shape index (κ2) is 13.5. The van der Waals surface area contributed by atoms with Gasteiger partial charge in [0.25, 0.3) is 0 Å². The van der Waals surface area contributed by atoms with Crippen molar-refractivity contribution in [3.8, 4) is 0 Å². The molecule has 0 radical (unpaired) electrons. The molecule has 0 amide bonds. The summed E-state index contributed by atoms with van der Waals surface area (Å²) in [6.07, 6.45) is 9.78. The van der Waals surface area contributed by atoms with Crippen molar-refractivity contribution in [1.82, 2.24) is 14.8 Å². The molecule has 2 aromatic heterocycles. The summed E-state index contributed by atoms with van der Waals surface area (Å²) in [7, 11) is 4.51. The van der Waals surface area contributed by atoms with E-state index in [2.05, 4.69) is 90.5 Å². The molecule has 2 atom stereocenters. The lowest BCUT2D eigenvalue weighted by Crippen LogP contribution is -2.40. The number of benzene rings is 1. The molecule has 39 heavy (non-hydrogen) atoms. The molecule has 5 rings (SSSR count). The number of rotatable bonds is 11. The fourth-order valence-corrected chi connectivity index (χ4v) is 8.16. The molecule has 212 valence electrons. The second-order valence-electron chi connectivity index (χ2n) is 11.8. The summed E-state index contributed by atoms with van der Waals surface area (Å²) >= 11 is 1.91. The third-order valence-electron chi connectivity index (χ3n) is 9.10. The van der Waals surface area contributed by atoms with Crippen molar-refractivity contribution in [2.45, 2.75) is 77.3 Å². The van der Waals surface area contributed by atoms with E-state index < -0.39 is 0 Å². The number of anilines is 1. The van der Waals surface area contributed by atoms with Gasteiger partial charge in [-0.1, -0.05) is 42.8 Å². The van der Waals surface area contributed by atoms with Crippen molar-refractivity contribution in [2.75, 3.05) is 45.2 Å². The number of likely N-dealkylation sites (tertiary alicyclic amines) is 1. The Morgan fingerprint density at radius 2 is 1.62 bits per heavy atom. The molecule has 2 aliphatic rings. The second-order valence-corrected chi connectivity index (χ2v) is 12.8. The first-order valence-electron chi connectivity index (χ1n) is 15.3. The Hall–Kier alpha value is -2.15. The molecule has 1 saturated carbocycles. The Labute approximate surface area is 240 Å². The molecule has 3 heterocycles. The minimum absolute atomic E-state index is 0.282. The smallest absolute Gasteiger partial charge is 0.219 e. The first-order chi connectivity index (χ1) is 19.1. The van der Waals surface area contributed by atoms with E-state index in [9.17, 15) is 0 Å². The van der Waals surface area contributed by atoms with Gasteiger partial charge in [-0.25, -0.2) is 4.98 Å². The highest BCUT2D eigenvalue weighted by Crippen LogP contribution is 2.46. The standard InChI is InChI=1S/C33H48N4OS/c1-5-36(6-2)33-28(24-25-14-9-7-10-15-25)34-32(38-33)31(37-21-11-8-12-22-37)27-19-17-26(18-20-27)30(35(3)4)29-16-13-23-39-29/h7,9-10,13-16,23,26-27,30-31H,5-6,8,11-12,17-22,24H2,1-4H3. The predicted octanol–water partition coefficient (Wildman–Crippen LogP) is 7.81. The molecule has 2 fully saturated rings. The third kappa shape index (κ3) is 6.61. The van der Waals surface area contributed by atoms with Gasteiger partial charge in [-0.3, -0.25) is 4.90 Å². The lowest BCUT2D eigenvalue weighted by molar-refractivity contribution is 0.0564. The van der Waals surface area contributed by atoms with Crippen LogP contribution in [0, 0.1) is 11.8 Å². The predicted molar refractivity (Wildman–Crippen MR) is 164 cm³/mol. The molecule has 3 aromatic rings. The Bertz CT molecular complexity index is 1110. The Balaban J connectivity index is 1.42. The maximum Gasteiger partial charge on any atom is 0.219 e. The molecule has 0 bridgehead atoms. The van der Waals surface area contributed by atoms with Crippen LogP contribution in [0.4, 0.5) is 5.88 Å². The van der Waals surface area contributed by atoms with Crippen LogP contribution in [0.3, 0.4) is 0 Å². The van der Waals surface area contributed by atoms with Crippen LogP contribution < -0.4 is 4.90 Å². The minimum Gasteiger partial charge on any atom is -0.423 e. The number of piperidine rings is 1. The Morgan fingerprint density at radius 3 is 2.23 bits per heavy atom. The van der Waals surface area contributed by atoms with Crippen molar-refractivity contribution in [3.05, 3.63) is 69.9 Å². The maximum absolute atomic E-state index is 6.84. The summed E-state index contributed by atoms with van der Waals surface area (Å²) in [6, 6.07) is 16.1. The normalized spacial score (nSPS) is 22.2. The number of hydrogen-bond acceptors (Lipinski definition) is 6. The van der Waals surface area contributed by atoms with Crippen molar-refractivity contribution < 1.29 is 4.42 Å². The van der Waals surface area contributed by atoms with Gasteiger partial charge in [-0.15, -0.1) is 11.3 Å². The number of nitrogens with zero attached hydrogens (tertiary/aromatic N) is 4. The van der Waals surface area contributed by atoms with E-state index >= 15 is 0 Å². The molecular formula is C33H48N4OS. The van der Waals surface area contributed by atoms with E-state index in [-0.39, 0.29) is 6.04 Å². The summed E-state index contributed by atoms with van der Waals surface area (Å²) < 4.78 is 6.84. The van der Waals surface area contributed by atoms with Crippen LogP contribution in [0.25, 0.3) is 0 Å². The van der Waals surface area contributed by atoms with Gasteiger partial charge in [-0.2, -0.15) is 0 Å². The fourth-order valence-electron chi connectivity index (χ4n) is 7.15. The van der Waals surface area contributed by atoms with Crippen LogP contribution >= 0.6 is 11.3 Å². The van der Waals surface area contributed by atoms with Gasteiger partial charge in [0, 0.05) is 30.4 Å². The maximum atomic E-state index is 6.84. The third-order valence-corrected chi connectivity index (χ3v) is 10.0. The summed E-state index contributed by atoms with van der Waals surface area (Å²) in [4.78, 5) is 14.4. The number of thiophene rings is 1. The summed E-state index contributed by atoms with van der Waals surface area (Å²) in [6.45, 7) is 8.63. The number of oxazole rings is 1. The van der Waals surface area contributed by atoms with E-state index in [4.69, 9.17) is 9.40 Å². The highest BCUT2D eigenvalue weighted by atomic mass is 32.1. The van der Waals surface area contributed by atoms with Crippen molar-refractivity contribution in [2.24, 2.45) is 11.8 Å². The molecule has 1 aliphatic carbocycles. The van der Waals surface area contributed by atoms with E-state index in [0.717, 1.165) is 50.1 Å². The van der Waals surface area contributed by atoms with Crippen molar-refractivity contribution in [3.63, 3.8) is 0 Å². The highest BCUT2D eigenvalue weighted by Gasteiger charge is 2.39. The number of hydrogen-bond donors (Lipinski definition) is 0. The van der Waals surface area contributed by atoms with Crippen LogP contribution in [0.5, 0.6) is 0 Å². The average Bonchev–Trinajstić information content (AvgIpc) is 3.63. The van der Waals surface area contributed by atoms with Crippen molar-refractivity contribution >= 4 is 17.2 Å². The lowest BCUT2D eigenvalue weighted by Gasteiger charge is -2.42. The van der Waals surface area contributed by atoms with Crippen LogP contribution in [0.2, 0.25) is 0 Å². The van der Waals surface area contributed by atoms with E-state index in [1.54, 1.807) is 0 Å². The zero-order chi connectivity index (χ0) is 27.2. The van der Waals surface area contributed by atoms with Gasteiger partial charge in [0.2, 0.25) is 11.8 Å². The largest absolute Gasteiger partial charge is 0.423 e. The molecular weight excluding hydrogens is 500 g/mol. The fraction of sp³-hybridized carbons (Fsp3) is 0.606. The minimum atomic E-state index is 0.282. The van der Waals surface area contributed by atoms with Crippen molar-refractivity contribution in [1.29, 1.82) is 0 Å². The van der Waals surface area contributed by atoms with Gasteiger partial charge in [0.05, 0.1) is 6.04 Å². The van der Waals surface area contributed by atoms with Gasteiger partial charge < -0.3 is 14.2 Å². The van der Waals surface area contributed by atoms with Crippen LogP contribution in [-0.4, -0.2) is 55.1 Å². The SMILES string of the molecule is CCN(CC)c1oc(C(C2CCC(C(c3cccs3)N(C)C)CC2)N2CCCCC2)nc1Cc1ccccc1. The molecule has 0 spiro atoms. The molecule has 1 saturated heterocycles. The van der Waals surface area contributed by atoms with Gasteiger partial charge in [0.15, 0.2) is 0 Å². The summed E-state index contributed by atoms with van der Waals surface area (Å²) in [5.74, 6) is 3.26. The van der Waals surface area contributed by atoms with E-state index in [1.165, 1.54) is 55.4 Å². The van der Waals surface area contributed by atoms with Crippen LogP contribution in [0.1, 0.15) is 92.9 Å². The van der Waals surface area contributed by atoms with Crippen LogP contribution in [-0.2, 0) is 6.42 Å². The molecule has 0 N–H and O–H groups in total. The Kier molecular flexibility index (Phi) is 9.80. The molecule has 1 aromatic carbocycles. The number of aromatic nitrogens is 1. The average molecular weight is 549 g/mol. The molecule has 2 unspecified atom stereocenters. The zero-order valence-electron chi connectivity index (χ0n) is 24.5.